The summed E-state index contributed by atoms with van der Waals surface area (Å²) in [5, 5.41) is 2.61. The van der Waals surface area contributed by atoms with Crippen LogP contribution in [0, 0.1) is 0 Å². The zero-order chi connectivity index (χ0) is 18.5. The van der Waals surface area contributed by atoms with Crippen molar-refractivity contribution >= 4 is 38.9 Å². The number of hydrogen-bond donors (Lipinski definition) is 0. The van der Waals surface area contributed by atoms with Gasteiger partial charge in [0.25, 0.3) is 0 Å². The Kier molecular flexibility index (Phi) is 3.66. The Balaban J connectivity index is 1.88. The standard InChI is InChI=1S/C26H17Br/c1-3-16-7-5-8-19(18(16)4-2)20-13-14-24-21-12-11-17(27)15-25(21)23-10-6-9-22(20)26(23)24/h3-15H,1-2H2. The van der Waals surface area contributed by atoms with E-state index in [2.05, 4.69) is 95.8 Å². The summed E-state index contributed by atoms with van der Waals surface area (Å²) in [4.78, 5) is 0. The zero-order valence-electron chi connectivity index (χ0n) is 14.8. The summed E-state index contributed by atoms with van der Waals surface area (Å²) >= 11 is 3.62. The maximum absolute atomic E-state index is 4.04. The van der Waals surface area contributed by atoms with E-state index in [0.29, 0.717) is 0 Å². The van der Waals surface area contributed by atoms with Gasteiger partial charge in [0.2, 0.25) is 0 Å². The molecule has 5 rings (SSSR count). The van der Waals surface area contributed by atoms with Crippen LogP contribution in [0.15, 0.2) is 84.4 Å². The summed E-state index contributed by atoms with van der Waals surface area (Å²) in [6.45, 7) is 8.00. The van der Waals surface area contributed by atoms with Crippen LogP contribution in [0.3, 0.4) is 0 Å². The fourth-order valence-corrected chi connectivity index (χ4v) is 4.65. The second-order valence-corrected chi connectivity index (χ2v) is 7.71. The van der Waals surface area contributed by atoms with E-state index in [9.17, 15) is 0 Å². The molecule has 0 saturated heterocycles. The summed E-state index contributed by atoms with van der Waals surface area (Å²) in [6.07, 6.45) is 3.83. The Bertz CT molecular complexity index is 1260. The minimum Gasteiger partial charge on any atom is -0.0984 e. The smallest absolute Gasteiger partial charge is 0.0181 e. The van der Waals surface area contributed by atoms with E-state index in [4.69, 9.17) is 0 Å². The molecule has 0 bridgehead atoms. The maximum Gasteiger partial charge on any atom is 0.0181 e. The molecule has 128 valence electrons. The number of hydrogen-bond acceptors (Lipinski definition) is 0. The van der Waals surface area contributed by atoms with Crippen LogP contribution < -0.4 is 0 Å². The van der Waals surface area contributed by atoms with Gasteiger partial charge in [-0.2, -0.15) is 0 Å². The highest BCUT2D eigenvalue weighted by atomic mass is 79.9. The fraction of sp³-hybridized carbons (Fsp3) is 0. The average Bonchev–Trinajstić information content (AvgIpc) is 3.02. The van der Waals surface area contributed by atoms with Crippen LogP contribution in [0.5, 0.6) is 0 Å². The van der Waals surface area contributed by atoms with Gasteiger partial charge in [0.1, 0.15) is 0 Å². The van der Waals surface area contributed by atoms with Crippen molar-refractivity contribution in [1.29, 1.82) is 0 Å². The van der Waals surface area contributed by atoms with Crippen LogP contribution in [-0.2, 0) is 0 Å². The van der Waals surface area contributed by atoms with Crippen LogP contribution >= 0.6 is 15.9 Å². The van der Waals surface area contributed by atoms with E-state index >= 15 is 0 Å². The van der Waals surface area contributed by atoms with Crippen LogP contribution in [0.4, 0.5) is 0 Å². The highest BCUT2D eigenvalue weighted by molar-refractivity contribution is 9.10. The number of rotatable bonds is 3. The van der Waals surface area contributed by atoms with Gasteiger partial charge in [-0.05, 0) is 67.4 Å². The van der Waals surface area contributed by atoms with Gasteiger partial charge >= 0.3 is 0 Å². The van der Waals surface area contributed by atoms with Gasteiger partial charge in [0, 0.05) is 4.47 Å². The minimum absolute atomic E-state index is 1.11. The number of benzene rings is 4. The van der Waals surface area contributed by atoms with Gasteiger partial charge in [-0.25, -0.2) is 0 Å². The molecule has 0 aliphatic heterocycles. The lowest BCUT2D eigenvalue weighted by Crippen LogP contribution is -1.89. The monoisotopic (exact) mass is 408 g/mol. The van der Waals surface area contributed by atoms with Gasteiger partial charge < -0.3 is 0 Å². The van der Waals surface area contributed by atoms with Crippen molar-refractivity contribution in [2.45, 2.75) is 0 Å². The van der Waals surface area contributed by atoms with E-state index in [1.54, 1.807) is 0 Å². The lowest BCUT2D eigenvalue weighted by atomic mass is 9.90. The predicted octanol–water partition coefficient (Wildman–Crippen LogP) is 8.20. The summed E-state index contributed by atoms with van der Waals surface area (Å²) in [7, 11) is 0. The van der Waals surface area contributed by atoms with Gasteiger partial charge in [0.15, 0.2) is 0 Å². The number of fused-ring (bicyclic) bond motifs is 3. The third kappa shape index (κ3) is 2.28. The van der Waals surface area contributed by atoms with E-state index in [0.717, 1.165) is 15.6 Å². The van der Waals surface area contributed by atoms with Crippen molar-refractivity contribution in [3.05, 3.63) is 95.5 Å². The minimum atomic E-state index is 1.11. The molecular formula is C26H17Br. The Morgan fingerprint density at radius 3 is 2.15 bits per heavy atom. The van der Waals surface area contributed by atoms with Crippen LogP contribution in [0.25, 0.3) is 56.3 Å². The Morgan fingerprint density at radius 1 is 0.630 bits per heavy atom. The molecule has 0 unspecified atom stereocenters. The molecule has 0 N–H and O–H groups in total. The molecule has 0 saturated carbocycles. The Labute approximate surface area is 167 Å². The molecule has 0 fully saturated rings. The first kappa shape index (κ1) is 16.3. The zero-order valence-corrected chi connectivity index (χ0v) is 16.4. The largest absolute Gasteiger partial charge is 0.0984 e. The molecular weight excluding hydrogens is 392 g/mol. The lowest BCUT2D eigenvalue weighted by molar-refractivity contribution is 1.59. The molecule has 27 heavy (non-hydrogen) atoms. The first-order valence-electron chi connectivity index (χ1n) is 8.97. The first-order valence-corrected chi connectivity index (χ1v) is 9.76. The molecule has 1 heteroatoms. The molecule has 1 aliphatic carbocycles. The Hall–Kier alpha value is -2.90. The second kappa shape index (κ2) is 6.07. The normalized spacial score (nSPS) is 11.4. The summed E-state index contributed by atoms with van der Waals surface area (Å²) in [6, 6.07) is 24.0. The molecule has 1 aliphatic rings. The molecule has 0 radical (unpaired) electrons. The van der Waals surface area contributed by atoms with Gasteiger partial charge in [-0.3, -0.25) is 0 Å². The third-order valence-corrected chi connectivity index (χ3v) is 5.95. The van der Waals surface area contributed by atoms with Crippen molar-refractivity contribution in [1.82, 2.24) is 0 Å². The highest BCUT2D eigenvalue weighted by Crippen LogP contribution is 2.50. The molecule has 4 aromatic carbocycles. The van der Waals surface area contributed by atoms with Gasteiger partial charge in [-0.1, -0.05) is 95.8 Å². The summed E-state index contributed by atoms with van der Waals surface area (Å²) in [5.74, 6) is 0. The van der Waals surface area contributed by atoms with Crippen molar-refractivity contribution in [3.8, 4) is 33.4 Å². The lowest BCUT2D eigenvalue weighted by Gasteiger charge is -2.14. The second-order valence-electron chi connectivity index (χ2n) is 6.80. The van der Waals surface area contributed by atoms with Crippen molar-refractivity contribution in [3.63, 3.8) is 0 Å². The maximum atomic E-state index is 4.04. The van der Waals surface area contributed by atoms with Crippen LogP contribution in [0.1, 0.15) is 11.1 Å². The van der Waals surface area contributed by atoms with Gasteiger partial charge in [-0.15, -0.1) is 0 Å². The summed E-state index contributed by atoms with van der Waals surface area (Å²) in [5.41, 5.74) is 9.90. The summed E-state index contributed by atoms with van der Waals surface area (Å²) < 4.78 is 1.11. The highest BCUT2D eigenvalue weighted by Gasteiger charge is 2.23. The van der Waals surface area contributed by atoms with E-state index in [-0.39, 0.29) is 0 Å². The quantitative estimate of drug-likeness (QED) is 0.282. The molecule has 0 aromatic heterocycles. The Morgan fingerprint density at radius 2 is 1.33 bits per heavy atom. The third-order valence-electron chi connectivity index (χ3n) is 5.46. The van der Waals surface area contributed by atoms with E-state index in [1.807, 2.05) is 12.2 Å². The average molecular weight is 409 g/mol. The molecule has 0 amide bonds. The van der Waals surface area contributed by atoms with E-state index in [1.165, 1.54) is 44.2 Å². The molecule has 0 nitrogen and oxygen atoms in total. The molecule has 0 spiro atoms. The molecule has 0 heterocycles. The van der Waals surface area contributed by atoms with Crippen molar-refractivity contribution < 1.29 is 0 Å². The fourth-order valence-electron chi connectivity index (χ4n) is 4.29. The number of halogens is 1. The topological polar surface area (TPSA) is 0 Å². The van der Waals surface area contributed by atoms with Crippen molar-refractivity contribution in [2.24, 2.45) is 0 Å². The predicted molar refractivity (Wildman–Crippen MR) is 122 cm³/mol. The molecule has 4 aromatic rings. The van der Waals surface area contributed by atoms with Crippen LogP contribution in [-0.4, -0.2) is 0 Å². The van der Waals surface area contributed by atoms with E-state index < -0.39 is 0 Å². The van der Waals surface area contributed by atoms with Crippen molar-refractivity contribution in [2.75, 3.05) is 0 Å². The SMILES string of the molecule is C=Cc1cccc(-c2ccc3c4c(cccc24)-c2cc(Br)ccc2-3)c1C=C. The van der Waals surface area contributed by atoms with Crippen LogP contribution in [0.2, 0.25) is 0 Å². The molecule has 0 atom stereocenters. The first-order chi connectivity index (χ1) is 13.2. The van der Waals surface area contributed by atoms with Gasteiger partial charge in [0.05, 0.1) is 0 Å².